The minimum atomic E-state index is 0.763. The van der Waals surface area contributed by atoms with E-state index < -0.39 is 0 Å². The number of benzene rings is 1. The Morgan fingerprint density at radius 1 is 1.20 bits per heavy atom. The number of hydrogen-bond donors (Lipinski definition) is 0. The van der Waals surface area contributed by atoms with Gasteiger partial charge in [-0.2, -0.15) is 5.10 Å². The van der Waals surface area contributed by atoms with Gasteiger partial charge in [0.05, 0.1) is 5.69 Å². The molecule has 0 N–H and O–H groups in total. The topological polar surface area (TPSA) is 17.8 Å². The molecule has 1 aliphatic rings. The normalized spacial score (nSPS) is 16.5. The van der Waals surface area contributed by atoms with Gasteiger partial charge < -0.3 is 0 Å². The zero-order chi connectivity index (χ0) is 13.9. The van der Waals surface area contributed by atoms with Gasteiger partial charge >= 0.3 is 0 Å². The van der Waals surface area contributed by atoms with E-state index in [0.29, 0.717) is 0 Å². The van der Waals surface area contributed by atoms with E-state index in [-0.39, 0.29) is 0 Å². The summed E-state index contributed by atoms with van der Waals surface area (Å²) in [5, 5.41) is 4.74. The van der Waals surface area contributed by atoms with E-state index in [0.717, 1.165) is 22.8 Å². The van der Waals surface area contributed by atoms with Gasteiger partial charge in [-0.15, -0.1) is 0 Å². The van der Waals surface area contributed by atoms with Crippen molar-refractivity contribution >= 4 is 15.9 Å². The Bertz CT molecular complexity index is 568. The third-order valence-electron chi connectivity index (χ3n) is 4.12. The third kappa shape index (κ3) is 2.83. The number of halogens is 1. The van der Waals surface area contributed by atoms with Gasteiger partial charge in [0, 0.05) is 12.1 Å². The average molecular weight is 332 g/mol. The van der Waals surface area contributed by atoms with Gasteiger partial charge in [0.2, 0.25) is 0 Å². The molecular weight excluding hydrogens is 312 g/mol. The fourth-order valence-electron chi connectivity index (χ4n) is 3.03. The van der Waals surface area contributed by atoms with E-state index in [4.69, 9.17) is 5.10 Å². The molecule has 3 heteroatoms. The Labute approximate surface area is 129 Å². The molecule has 1 radical (unpaired) electrons. The Morgan fingerprint density at radius 3 is 2.60 bits per heavy atom. The highest BCUT2D eigenvalue weighted by Crippen LogP contribution is 2.33. The lowest BCUT2D eigenvalue weighted by molar-refractivity contribution is 0.337. The monoisotopic (exact) mass is 331 g/mol. The summed E-state index contributed by atoms with van der Waals surface area (Å²) in [6, 6.07) is 10.5. The molecule has 0 bridgehead atoms. The van der Waals surface area contributed by atoms with Crippen LogP contribution in [-0.2, 0) is 6.54 Å². The van der Waals surface area contributed by atoms with E-state index in [1.807, 2.05) is 0 Å². The smallest absolute Gasteiger partial charge is 0.112 e. The van der Waals surface area contributed by atoms with Crippen LogP contribution in [0.3, 0.4) is 0 Å². The molecule has 0 atom stereocenters. The van der Waals surface area contributed by atoms with Gasteiger partial charge in [-0.05, 0) is 66.4 Å². The summed E-state index contributed by atoms with van der Waals surface area (Å²) in [5.41, 5.74) is 3.57. The molecule has 20 heavy (non-hydrogen) atoms. The Kier molecular flexibility index (Phi) is 4.25. The van der Waals surface area contributed by atoms with Crippen LogP contribution in [0.2, 0.25) is 0 Å². The van der Waals surface area contributed by atoms with E-state index in [2.05, 4.69) is 64.3 Å². The molecule has 1 aromatic heterocycles. The standard InChI is InChI=1S/C17H20BrN2/c1-13-16(15-10-6-3-7-11-15)17(18)20(19-13)12-14-8-4-2-5-9-14/h2-3,6-7,10-11,14H,4-5,8-9,12H2,1H3. The quantitative estimate of drug-likeness (QED) is 0.772. The molecule has 1 aliphatic carbocycles. The number of aryl methyl sites for hydroxylation is 1. The van der Waals surface area contributed by atoms with Gasteiger partial charge in [0.15, 0.2) is 0 Å². The lowest BCUT2D eigenvalue weighted by atomic mass is 9.89. The molecule has 3 rings (SSSR count). The van der Waals surface area contributed by atoms with Gasteiger partial charge in [-0.3, -0.25) is 4.68 Å². The van der Waals surface area contributed by atoms with Crippen molar-refractivity contribution in [1.82, 2.24) is 9.78 Å². The van der Waals surface area contributed by atoms with Crippen molar-refractivity contribution in [3.63, 3.8) is 0 Å². The van der Waals surface area contributed by atoms with E-state index >= 15 is 0 Å². The molecule has 0 aliphatic heterocycles. The van der Waals surface area contributed by atoms with Crippen LogP contribution in [-0.4, -0.2) is 9.78 Å². The molecule has 2 aromatic rings. The molecular formula is C17H20BrN2. The first-order valence-corrected chi connectivity index (χ1v) is 8.15. The highest BCUT2D eigenvalue weighted by Gasteiger charge is 2.19. The summed E-state index contributed by atoms with van der Waals surface area (Å²) >= 11 is 3.76. The Hall–Kier alpha value is -1.09. The largest absolute Gasteiger partial charge is 0.257 e. The summed E-state index contributed by atoms with van der Waals surface area (Å²) in [4.78, 5) is 0. The van der Waals surface area contributed by atoms with Gasteiger partial charge in [0.1, 0.15) is 4.60 Å². The molecule has 1 saturated carbocycles. The van der Waals surface area contributed by atoms with Gasteiger partial charge in [-0.25, -0.2) is 0 Å². The second kappa shape index (κ2) is 6.13. The van der Waals surface area contributed by atoms with Crippen LogP contribution < -0.4 is 0 Å². The maximum absolute atomic E-state index is 4.74. The van der Waals surface area contributed by atoms with Crippen molar-refractivity contribution in [3.05, 3.63) is 47.0 Å². The number of nitrogens with zero attached hydrogens (tertiary/aromatic N) is 2. The highest BCUT2D eigenvalue weighted by atomic mass is 79.9. The molecule has 0 amide bonds. The van der Waals surface area contributed by atoms with Crippen LogP contribution >= 0.6 is 15.9 Å². The van der Waals surface area contributed by atoms with Crippen LogP contribution in [0.25, 0.3) is 11.1 Å². The van der Waals surface area contributed by atoms with Crippen LogP contribution in [0.1, 0.15) is 31.4 Å². The molecule has 0 spiro atoms. The fourth-order valence-corrected chi connectivity index (χ4v) is 3.77. The van der Waals surface area contributed by atoms with Crippen molar-refractivity contribution in [3.8, 4) is 11.1 Å². The SMILES string of the molecule is Cc1nn(CC2CC[CH]CC2)c(Br)c1-c1ccccc1. The average Bonchev–Trinajstić information content (AvgIpc) is 2.75. The predicted octanol–water partition coefficient (Wildman–Crippen LogP) is 5.02. The lowest BCUT2D eigenvalue weighted by Gasteiger charge is -2.21. The summed E-state index contributed by atoms with van der Waals surface area (Å²) in [6.07, 6.45) is 7.52. The van der Waals surface area contributed by atoms with E-state index in [9.17, 15) is 0 Å². The van der Waals surface area contributed by atoms with Crippen LogP contribution in [0.15, 0.2) is 34.9 Å². The first-order chi connectivity index (χ1) is 9.75. The molecule has 1 heterocycles. The zero-order valence-electron chi connectivity index (χ0n) is 11.8. The van der Waals surface area contributed by atoms with Crippen molar-refractivity contribution in [2.45, 2.75) is 39.2 Å². The molecule has 0 saturated heterocycles. The van der Waals surface area contributed by atoms with Crippen LogP contribution in [0, 0.1) is 19.3 Å². The summed E-state index contributed by atoms with van der Waals surface area (Å²) in [6.45, 7) is 3.13. The number of rotatable bonds is 3. The lowest BCUT2D eigenvalue weighted by Crippen LogP contribution is -2.15. The zero-order valence-corrected chi connectivity index (χ0v) is 13.4. The maximum atomic E-state index is 4.74. The first kappa shape index (κ1) is 13.9. The van der Waals surface area contributed by atoms with Crippen molar-refractivity contribution in [1.29, 1.82) is 0 Å². The Balaban J connectivity index is 1.87. The number of hydrogen-bond acceptors (Lipinski definition) is 1. The summed E-state index contributed by atoms with van der Waals surface area (Å²) in [5.74, 6) is 0.763. The van der Waals surface area contributed by atoms with Crippen molar-refractivity contribution < 1.29 is 0 Å². The van der Waals surface area contributed by atoms with E-state index in [1.165, 1.54) is 36.8 Å². The molecule has 0 unspecified atom stereocenters. The third-order valence-corrected chi connectivity index (χ3v) is 4.92. The van der Waals surface area contributed by atoms with Crippen molar-refractivity contribution in [2.75, 3.05) is 0 Å². The maximum Gasteiger partial charge on any atom is 0.112 e. The number of aromatic nitrogens is 2. The Morgan fingerprint density at radius 2 is 1.90 bits per heavy atom. The van der Waals surface area contributed by atoms with E-state index in [1.54, 1.807) is 0 Å². The van der Waals surface area contributed by atoms with Crippen molar-refractivity contribution in [2.24, 2.45) is 5.92 Å². The molecule has 2 nitrogen and oxygen atoms in total. The van der Waals surface area contributed by atoms with Crippen LogP contribution in [0.5, 0.6) is 0 Å². The highest BCUT2D eigenvalue weighted by molar-refractivity contribution is 9.10. The molecule has 1 aromatic carbocycles. The summed E-state index contributed by atoms with van der Waals surface area (Å²) < 4.78 is 3.27. The minimum absolute atomic E-state index is 0.763. The fraction of sp³-hybridized carbons (Fsp3) is 0.412. The second-order valence-electron chi connectivity index (χ2n) is 5.61. The van der Waals surface area contributed by atoms with Crippen LogP contribution in [0.4, 0.5) is 0 Å². The summed E-state index contributed by atoms with van der Waals surface area (Å²) in [7, 11) is 0. The molecule has 1 fully saturated rings. The first-order valence-electron chi connectivity index (χ1n) is 7.35. The predicted molar refractivity (Wildman–Crippen MR) is 86.4 cm³/mol. The second-order valence-corrected chi connectivity index (χ2v) is 6.36. The van der Waals surface area contributed by atoms with Gasteiger partial charge in [0.25, 0.3) is 0 Å². The minimum Gasteiger partial charge on any atom is -0.257 e. The van der Waals surface area contributed by atoms with Gasteiger partial charge in [-0.1, -0.05) is 30.3 Å². The molecule has 105 valence electrons.